The molecule has 1 N–H and O–H groups in total. The minimum absolute atomic E-state index is 0.571. The Morgan fingerprint density at radius 1 is 1.29 bits per heavy atom. The molecule has 0 aromatic carbocycles. The molecule has 116 valence electrons. The van der Waals surface area contributed by atoms with E-state index in [9.17, 15) is 0 Å². The SMILES string of the molecule is CCNC(Cc1ncc(C)c(OC)c1C)C1CC2CC2C1. The first-order valence-corrected chi connectivity index (χ1v) is 8.36. The summed E-state index contributed by atoms with van der Waals surface area (Å²) in [7, 11) is 1.76. The summed E-state index contributed by atoms with van der Waals surface area (Å²) in [5.41, 5.74) is 3.54. The highest BCUT2D eigenvalue weighted by atomic mass is 16.5. The van der Waals surface area contributed by atoms with Crippen molar-refractivity contribution in [2.24, 2.45) is 17.8 Å². The number of rotatable bonds is 6. The maximum Gasteiger partial charge on any atom is 0.128 e. The summed E-state index contributed by atoms with van der Waals surface area (Å²) in [5, 5.41) is 3.71. The monoisotopic (exact) mass is 288 g/mol. The highest BCUT2D eigenvalue weighted by Crippen LogP contribution is 2.55. The van der Waals surface area contributed by atoms with Gasteiger partial charge in [-0.05, 0) is 57.4 Å². The molecule has 3 rings (SSSR count). The Hall–Kier alpha value is -1.09. The largest absolute Gasteiger partial charge is 0.496 e. The second-order valence-corrected chi connectivity index (χ2v) is 6.90. The lowest BCUT2D eigenvalue weighted by molar-refractivity contribution is 0.333. The lowest BCUT2D eigenvalue weighted by Crippen LogP contribution is -2.38. The maximum atomic E-state index is 5.55. The molecule has 0 radical (unpaired) electrons. The van der Waals surface area contributed by atoms with Gasteiger partial charge in [-0.2, -0.15) is 0 Å². The molecule has 3 unspecified atom stereocenters. The number of pyridine rings is 1. The Morgan fingerprint density at radius 2 is 2.00 bits per heavy atom. The van der Waals surface area contributed by atoms with Crippen molar-refractivity contribution in [3.8, 4) is 5.75 Å². The quantitative estimate of drug-likeness (QED) is 0.872. The van der Waals surface area contributed by atoms with Crippen LogP contribution in [0.15, 0.2) is 6.20 Å². The second kappa shape index (κ2) is 5.96. The van der Waals surface area contributed by atoms with Crippen LogP contribution >= 0.6 is 0 Å². The van der Waals surface area contributed by atoms with Crippen LogP contribution in [-0.2, 0) is 6.42 Å². The van der Waals surface area contributed by atoms with Crippen LogP contribution in [-0.4, -0.2) is 24.7 Å². The van der Waals surface area contributed by atoms with Crippen molar-refractivity contribution in [3.05, 3.63) is 23.0 Å². The summed E-state index contributed by atoms with van der Waals surface area (Å²) in [5.74, 6) is 3.92. The molecular weight excluding hydrogens is 260 g/mol. The van der Waals surface area contributed by atoms with Crippen LogP contribution in [0, 0.1) is 31.6 Å². The zero-order chi connectivity index (χ0) is 15.0. The van der Waals surface area contributed by atoms with Crippen LogP contribution in [0.5, 0.6) is 5.75 Å². The molecule has 0 amide bonds. The van der Waals surface area contributed by atoms with Crippen molar-refractivity contribution < 1.29 is 4.74 Å². The molecule has 0 aliphatic heterocycles. The predicted octanol–water partition coefficient (Wildman–Crippen LogP) is 3.27. The molecule has 2 aliphatic rings. The van der Waals surface area contributed by atoms with Gasteiger partial charge in [0, 0.05) is 35.5 Å². The first kappa shape index (κ1) is 14.8. The van der Waals surface area contributed by atoms with E-state index in [1.54, 1.807) is 7.11 Å². The summed E-state index contributed by atoms with van der Waals surface area (Å²) in [6.45, 7) is 7.45. The summed E-state index contributed by atoms with van der Waals surface area (Å²) >= 11 is 0. The number of likely N-dealkylation sites (N-methyl/N-ethyl adjacent to an activating group) is 1. The van der Waals surface area contributed by atoms with Gasteiger partial charge in [-0.15, -0.1) is 0 Å². The zero-order valence-electron chi connectivity index (χ0n) is 13.8. The van der Waals surface area contributed by atoms with Crippen molar-refractivity contribution in [2.45, 2.75) is 52.5 Å². The summed E-state index contributed by atoms with van der Waals surface area (Å²) < 4.78 is 5.55. The second-order valence-electron chi connectivity index (χ2n) is 6.90. The molecule has 1 aromatic rings. The molecule has 0 bridgehead atoms. The van der Waals surface area contributed by atoms with E-state index in [1.165, 1.54) is 30.5 Å². The van der Waals surface area contributed by atoms with Crippen molar-refractivity contribution in [1.82, 2.24) is 10.3 Å². The fraction of sp³-hybridized carbons (Fsp3) is 0.722. The van der Waals surface area contributed by atoms with Gasteiger partial charge in [-0.3, -0.25) is 4.98 Å². The fourth-order valence-electron chi connectivity index (χ4n) is 4.24. The third-order valence-electron chi connectivity index (χ3n) is 5.48. The molecule has 2 fully saturated rings. The molecule has 21 heavy (non-hydrogen) atoms. The van der Waals surface area contributed by atoms with Gasteiger partial charge >= 0.3 is 0 Å². The van der Waals surface area contributed by atoms with Crippen molar-refractivity contribution in [3.63, 3.8) is 0 Å². The molecular formula is C18H28N2O. The number of aromatic nitrogens is 1. The first-order valence-electron chi connectivity index (χ1n) is 8.36. The third-order valence-corrected chi connectivity index (χ3v) is 5.48. The van der Waals surface area contributed by atoms with Crippen LogP contribution in [0.1, 0.15) is 43.0 Å². The van der Waals surface area contributed by atoms with E-state index in [2.05, 4.69) is 26.1 Å². The maximum absolute atomic E-state index is 5.55. The molecule has 2 aliphatic carbocycles. The van der Waals surface area contributed by atoms with Gasteiger partial charge in [0.15, 0.2) is 0 Å². The molecule has 1 aromatic heterocycles. The first-order chi connectivity index (χ1) is 10.1. The van der Waals surface area contributed by atoms with E-state index in [0.29, 0.717) is 6.04 Å². The van der Waals surface area contributed by atoms with Gasteiger partial charge in [-0.1, -0.05) is 6.92 Å². The number of fused-ring (bicyclic) bond motifs is 1. The average molecular weight is 288 g/mol. The Morgan fingerprint density at radius 3 is 2.62 bits per heavy atom. The van der Waals surface area contributed by atoms with E-state index in [0.717, 1.165) is 42.0 Å². The van der Waals surface area contributed by atoms with Gasteiger partial charge in [0.1, 0.15) is 5.75 Å². The Bertz CT molecular complexity index is 504. The van der Waals surface area contributed by atoms with Crippen LogP contribution in [0.25, 0.3) is 0 Å². The van der Waals surface area contributed by atoms with E-state index < -0.39 is 0 Å². The lowest BCUT2D eigenvalue weighted by Gasteiger charge is -2.26. The van der Waals surface area contributed by atoms with Crippen LogP contribution < -0.4 is 10.1 Å². The smallest absolute Gasteiger partial charge is 0.128 e. The Labute approximate surface area is 128 Å². The number of hydrogen-bond acceptors (Lipinski definition) is 3. The van der Waals surface area contributed by atoms with Crippen molar-refractivity contribution >= 4 is 0 Å². The number of aryl methyl sites for hydroxylation is 1. The van der Waals surface area contributed by atoms with Gasteiger partial charge in [-0.25, -0.2) is 0 Å². The van der Waals surface area contributed by atoms with E-state index in [4.69, 9.17) is 9.72 Å². The number of nitrogens with zero attached hydrogens (tertiary/aromatic N) is 1. The minimum Gasteiger partial charge on any atom is -0.496 e. The highest BCUT2D eigenvalue weighted by molar-refractivity contribution is 5.41. The molecule has 0 saturated heterocycles. The Balaban J connectivity index is 1.76. The predicted molar refractivity (Wildman–Crippen MR) is 85.8 cm³/mol. The topological polar surface area (TPSA) is 34.2 Å². The number of nitrogens with one attached hydrogen (secondary N) is 1. The fourth-order valence-corrected chi connectivity index (χ4v) is 4.24. The van der Waals surface area contributed by atoms with Crippen molar-refractivity contribution in [1.29, 1.82) is 0 Å². The molecule has 3 heteroatoms. The van der Waals surface area contributed by atoms with Crippen molar-refractivity contribution in [2.75, 3.05) is 13.7 Å². The number of ether oxygens (including phenoxy) is 1. The highest BCUT2D eigenvalue weighted by Gasteiger charge is 2.47. The molecule has 3 atom stereocenters. The van der Waals surface area contributed by atoms with E-state index >= 15 is 0 Å². The number of methoxy groups -OCH3 is 1. The third kappa shape index (κ3) is 2.94. The molecule has 2 saturated carbocycles. The van der Waals surface area contributed by atoms with Crippen LogP contribution in [0.4, 0.5) is 0 Å². The standard InChI is InChI=1S/C18H28N2O/c1-5-19-17(15-7-13-6-14(13)8-15)9-16-12(3)18(21-4)11(2)10-20-16/h10,13-15,17,19H,5-9H2,1-4H3. The molecule has 3 nitrogen and oxygen atoms in total. The average Bonchev–Trinajstić information content (AvgIpc) is 3.08. The number of hydrogen-bond donors (Lipinski definition) is 1. The molecule has 0 spiro atoms. The van der Waals surface area contributed by atoms with E-state index in [1.807, 2.05) is 6.20 Å². The minimum atomic E-state index is 0.571. The van der Waals surface area contributed by atoms with Gasteiger partial charge in [0.2, 0.25) is 0 Å². The zero-order valence-corrected chi connectivity index (χ0v) is 13.8. The Kier molecular flexibility index (Phi) is 4.21. The summed E-state index contributed by atoms with van der Waals surface area (Å²) in [4.78, 5) is 4.69. The van der Waals surface area contributed by atoms with Crippen LogP contribution in [0.2, 0.25) is 0 Å². The van der Waals surface area contributed by atoms with Gasteiger partial charge in [0.25, 0.3) is 0 Å². The van der Waals surface area contributed by atoms with Crippen LogP contribution in [0.3, 0.4) is 0 Å². The summed E-state index contributed by atoms with van der Waals surface area (Å²) in [6.07, 6.45) is 7.32. The molecule has 1 heterocycles. The normalized spacial score (nSPS) is 28.3. The van der Waals surface area contributed by atoms with Gasteiger partial charge in [0.05, 0.1) is 7.11 Å². The van der Waals surface area contributed by atoms with Gasteiger partial charge < -0.3 is 10.1 Å². The lowest BCUT2D eigenvalue weighted by atomic mass is 9.90. The van der Waals surface area contributed by atoms with E-state index in [-0.39, 0.29) is 0 Å². The summed E-state index contributed by atoms with van der Waals surface area (Å²) in [6, 6.07) is 0.571.